The summed E-state index contributed by atoms with van der Waals surface area (Å²) in [6.45, 7) is 4.15. The Morgan fingerprint density at radius 2 is 1.61 bits per heavy atom. The van der Waals surface area contributed by atoms with Crippen molar-refractivity contribution in [2.24, 2.45) is 0 Å². The number of carbonyl (C=O) groups is 2. The van der Waals surface area contributed by atoms with Gasteiger partial charge < -0.3 is 19.9 Å². The highest BCUT2D eigenvalue weighted by Crippen LogP contribution is 2.19. The van der Waals surface area contributed by atoms with Crippen LogP contribution in [-0.2, 0) is 9.53 Å². The van der Waals surface area contributed by atoms with Crippen molar-refractivity contribution in [1.29, 1.82) is 0 Å². The lowest BCUT2D eigenvalue weighted by molar-refractivity contribution is -0.111. The zero-order valence-electron chi connectivity index (χ0n) is 16.2. The van der Waals surface area contributed by atoms with Gasteiger partial charge in [-0.1, -0.05) is 12.1 Å². The Morgan fingerprint density at radius 3 is 2.21 bits per heavy atom. The standard InChI is InChI=1S/C22H25N3O3/c1-24-13-15-25(16-14-24)20-10-8-19(9-11-20)23-21(26)12-5-17-3-6-18(7-4-17)22(27)28-2/h3-12H,13-16H2,1-2H3,(H,23,26)/b12-5+. The number of hydrogen-bond donors (Lipinski definition) is 1. The molecule has 0 spiro atoms. The monoisotopic (exact) mass is 379 g/mol. The van der Waals surface area contributed by atoms with Crippen LogP contribution in [0, 0.1) is 0 Å². The summed E-state index contributed by atoms with van der Waals surface area (Å²) in [5.41, 5.74) is 3.23. The van der Waals surface area contributed by atoms with E-state index in [-0.39, 0.29) is 11.9 Å². The summed E-state index contributed by atoms with van der Waals surface area (Å²) < 4.78 is 4.67. The molecule has 0 bridgehead atoms. The Bertz CT molecular complexity index is 836. The summed E-state index contributed by atoms with van der Waals surface area (Å²) >= 11 is 0. The molecule has 0 aliphatic carbocycles. The van der Waals surface area contributed by atoms with Crippen molar-refractivity contribution >= 4 is 29.3 Å². The molecule has 6 heteroatoms. The fourth-order valence-corrected chi connectivity index (χ4v) is 3.02. The van der Waals surface area contributed by atoms with Crippen LogP contribution in [0.25, 0.3) is 6.08 Å². The smallest absolute Gasteiger partial charge is 0.337 e. The van der Waals surface area contributed by atoms with E-state index in [1.807, 2.05) is 24.3 Å². The Balaban J connectivity index is 1.54. The van der Waals surface area contributed by atoms with Crippen LogP contribution in [0.4, 0.5) is 11.4 Å². The van der Waals surface area contributed by atoms with Crippen molar-refractivity contribution in [2.75, 3.05) is 50.6 Å². The van der Waals surface area contributed by atoms with E-state index in [1.54, 1.807) is 30.3 Å². The zero-order chi connectivity index (χ0) is 19.9. The average Bonchev–Trinajstić information content (AvgIpc) is 2.73. The zero-order valence-corrected chi connectivity index (χ0v) is 16.2. The van der Waals surface area contributed by atoms with Gasteiger partial charge in [0.1, 0.15) is 0 Å². The van der Waals surface area contributed by atoms with Crippen molar-refractivity contribution in [3.8, 4) is 0 Å². The third kappa shape index (κ3) is 5.20. The summed E-state index contributed by atoms with van der Waals surface area (Å²) in [6.07, 6.45) is 3.18. The molecule has 0 aromatic heterocycles. The molecule has 1 heterocycles. The van der Waals surface area contributed by atoms with Crippen molar-refractivity contribution in [2.45, 2.75) is 0 Å². The number of nitrogens with one attached hydrogen (secondary N) is 1. The molecule has 1 aliphatic rings. The van der Waals surface area contributed by atoms with E-state index in [4.69, 9.17) is 0 Å². The number of carbonyl (C=O) groups excluding carboxylic acids is 2. The molecule has 2 aromatic rings. The van der Waals surface area contributed by atoms with Gasteiger partial charge in [-0.15, -0.1) is 0 Å². The number of likely N-dealkylation sites (N-methyl/N-ethyl adjacent to an activating group) is 1. The molecule has 3 rings (SSSR count). The molecule has 28 heavy (non-hydrogen) atoms. The van der Waals surface area contributed by atoms with Gasteiger partial charge in [0.05, 0.1) is 12.7 Å². The van der Waals surface area contributed by atoms with Crippen molar-refractivity contribution in [1.82, 2.24) is 4.90 Å². The average molecular weight is 379 g/mol. The maximum absolute atomic E-state index is 12.1. The molecule has 0 radical (unpaired) electrons. The predicted molar refractivity (Wildman–Crippen MR) is 112 cm³/mol. The molecule has 1 saturated heterocycles. The largest absolute Gasteiger partial charge is 0.465 e. The minimum absolute atomic E-state index is 0.204. The Hall–Kier alpha value is -3.12. The molecular weight excluding hydrogens is 354 g/mol. The van der Waals surface area contributed by atoms with Gasteiger partial charge in [0, 0.05) is 43.6 Å². The van der Waals surface area contributed by atoms with Gasteiger partial charge in [0.25, 0.3) is 0 Å². The third-order valence-electron chi connectivity index (χ3n) is 4.76. The molecule has 0 unspecified atom stereocenters. The van der Waals surface area contributed by atoms with E-state index >= 15 is 0 Å². The quantitative estimate of drug-likeness (QED) is 0.639. The lowest BCUT2D eigenvalue weighted by Crippen LogP contribution is -2.44. The van der Waals surface area contributed by atoms with Crippen LogP contribution in [0.3, 0.4) is 0 Å². The Labute approximate surface area is 165 Å². The molecular formula is C22H25N3O3. The first-order valence-corrected chi connectivity index (χ1v) is 9.26. The van der Waals surface area contributed by atoms with Crippen LogP contribution < -0.4 is 10.2 Å². The topological polar surface area (TPSA) is 61.9 Å². The third-order valence-corrected chi connectivity index (χ3v) is 4.76. The second-order valence-electron chi connectivity index (χ2n) is 6.77. The molecule has 6 nitrogen and oxygen atoms in total. The van der Waals surface area contributed by atoms with Crippen LogP contribution >= 0.6 is 0 Å². The highest BCUT2D eigenvalue weighted by atomic mass is 16.5. The number of amides is 1. The van der Waals surface area contributed by atoms with Gasteiger partial charge in [0.15, 0.2) is 0 Å². The lowest BCUT2D eigenvalue weighted by atomic mass is 10.1. The van der Waals surface area contributed by atoms with Gasteiger partial charge in [0.2, 0.25) is 5.91 Å². The van der Waals surface area contributed by atoms with Crippen LogP contribution in [-0.4, -0.2) is 57.1 Å². The molecule has 0 saturated carbocycles. The fraction of sp³-hybridized carbons (Fsp3) is 0.273. The van der Waals surface area contributed by atoms with E-state index < -0.39 is 0 Å². The predicted octanol–water partition coefficient (Wildman–Crippen LogP) is 2.88. The normalized spacial score (nSPS) is 14.9. The van der Waals surface area contributed by atoms with Gasteiger partial charge in [-0.2, -0.15) is 0 Å². The van der Waals surface area contributed by atoms with Crippen LogP contribution in [0.5, 0.6) is 0 Å². The summed E-state index contributed by atoms with van der Waals surface area (Å²) in [5, 5.41) is 2.86. The molecule has 0 atom stereocenters. The van der Waals surface area contributed by atoms with E-state index in [0.29, 0.717) is 5.56 Å². The second kappa shape index (κ2) is 9.19. The molecule has 1 aliphatic heterocycles. The first-order valence-electron chi connectivity index (χ1n) is 9.26. The number of piperazine rings is 1. The van der Waals surface area contributed by atoms with E-state index in [2.05, 4.69) is 26.9 Å². The lowest BCUT2D eigenvalue weighted by Gasteiger charge is -2.34. The molecule has 146 valence electrons. The number of rotatable bonds is 5. The minimum atomic E-state index is -0.381. The van der Waals surface area contributed by atoms with Crippen molar-refractivity contribution in [3.05, 3.63) is 65.7 Å². The maximum Gasteiger partial charge on any atom is 0.337 e. The first-order chi connectivity index (χ1) is 13.5. The van der Waals surface area contributed by atoms with E-state index in [1.165, 1.54) is 18.9 Å². The maximum atomic E-state index is 12.1. The number of esters is 1. The van der Waals surface area contributed by atoms with Crippen LogP contribution in [0.1, 0.15) is 15.9 Å². The number of benzene rings is 2. The number of nitrogens with zero attached hydrogens (tertiary/aromatic N) is 2. The first kappa shape index (κ1) is 19.6. The Kier molecular flexibility index (Phi) is 6.45. The number of methoxy groups -OCH3 is 1. The highest BCUT2D eigenvalue weighted by Gasteiger charge is 2.14. The van der Waals surface area contributed by atoms with Gasteiger partial charge in [-0.05, 0) is 55.1 Å². The molecule has 1 fully saturated rings. The van der Waals surface area contributed by atoms with Gasteiger partial charge in [-0.3, -0.25) is 4.79 Å². The number of ether oxygens (including phenoxy) is 1. The van der Waals surface area contributed by atoms with Crippen LogP contribution in [0.2, 0.25) is 0 Å². The summed E-state index contributed by atoms with van der Waals surface area (Å²) in [7, 11) is 3.48. The van der Waals surface area contributed by atoms with Crippen molar-refractivity contribution in [3.63, 3.8) is 0 Å². The summed E-state index contributed by atoms with van der Waals surface area (Å²) in [4.78, 5) is 28.2. The minimum Gasteiger partial charge on any atom is -0.465 e. The molecule has 1 N–H and O–H groups in total. The van der Waals surface area contributed by atoms with Gasteiger partial charge >= 0.3 is 5.97 Å². The summed E-state index contributed by atoms with van der Waals surface area (Å²) in [6, 6.07) is 14.8. The fourth-order valence-electron chi connectivity index (χ4n) is 3.02. The SMILES string of the molecule is COC(=O)c1ccc(/C=C/C(=O)Nc2ccc(N3CCN(C)CC3)cc2)cc1. The molecule has 2 aromatic carbocycles. The van der Waals surface area contributed by atoms with Crippen molar-refractivity contribution < 1.29 is 14.3 Å². The Morgan fingerprint density at radius 1 is 0.964 bits per heavy atom. The highest BCUT2D eigenvalue weighted by molar-refractivity contribution is 6.02. The van der Waals surface area contributed by atoms with E-state index in [9.17, 15) is 9.59 Å². The van der Waals surface area contributed by atoms with Crippen LogP contribution in [0.15, 0.2) is 54.6 Å². The second-order valence-corrected chi connectivity index (χ2v) is 6.77. The number of hydrogen-bond acceptors (Lipinski definition) is 5. The van der Waals surface area contributed by atoms with E-state index in [0.717, 1.165) is 37.4 Å². The summed E-state index contributed by atoms with van der Waals surface area (Å²) in [5.74, 6) is -0.585. The van der Waals surface area contributed by atoms with Gasteiger partial charge in [-0.25, -0.2) is 4.79 Å². The number of anilines is 2. The molecule has 1 amide bonds.